The van der Waals surface area contributed by atoms with Crippen LogP contribution in [0.3, 0.4) is 0 Å². The molecule has 8 aromatic carbocycles. The fraction of sp³-hybridized carbons (Fsp3) is 0.337. The number of amides is 5. The molecule has 0 saturated carbocycles. The molecular weight excluding hydrogens is 1770 g/mol. The molecule has 0 spiro atoms. The molecule has 4 unspecified atom stereocenters. The van der Waals surface area contributed by atoms with Crippen molar-refractivity contribution in [3.05, 3.63) is 293 Å². The van der Waals surface area contributed by atoms with Gasteiger partial charge in [-0.15, -0.1) is 0 Å². The number of hydrogen-bond acceptors (Lipinski definition) is 12. The quantitative estimate of drug-likeness (QED) is 0.0354. The van der Waals surface area contributed by atoms with Gasteiger partial charge < -0.3 is 61.3 Å². The summed E-state index contributed by atoms with van der Waals surface area (Å²) in [6.45, 7) is 12.6. The van der Waals surface area contributed by atoms with E-state index in [1.807, 2.05) is 0 Å². The molecule has 126 heavy (non-hydrogen) atoms. The van der Waals surface area contributed by atoms with Crippen LogP contribution in [-0.2, 0) is 28.5 Å². The second kappa shape index (κ2) is 39.1. The highest BCUT2D eigenvalue weighted by atomic mass is 35.5. The van der Waals surface area contributed by atoms with Crippen LogP contribution in [0.15, 0.2) is 182 Å². The van der Waals surface area contributed by atoms with Crippen LogP contribution in [0, 0.1) is 47.6 Å². The fourth-order valence-corrected chi connectivity index (χ4v) is 16.7. The Morgan fingerprint density at radius 1 is 0.397 bits per heavy atom. The Balaban J connectivity index is 0.000000163. The lowest BCUT2D eigenvalue weighted by Gasteiger charge is -2.42. The molecule has 6 aliphatic heterocycles. The van der Waals surface area contributed by atoms with E-state index in [1.54, 1.807) is 6.92 Å². The van der Waals surface area contributed by atoms with Crippen molar-refractivity contribution < 1.29 is 115 Å². The molecule has 6 aliphatic rings. The van der Waals surface area contributed by atoms with Gasteiger partial charge in [-0.1, -0.05) is 78.3 Å². The Labute approximate surface area is 732 Å². The molecule has 6 saturated heterocycles. The molecule has 0 radical (unpaired) electrons. The van der Waals surface area contributed by atoms with Crippen LogP contribution in [-0.4, -0.2) is 150 Å². The maximum absolute atomic E-state index is 15.4. The highest BCUT2D eigenvalue weighted by Gasteiger charge is 2.54. The first-order valence-corrected chi connectivity index (χ1v) is 40.8. The Bertz CT molecular complexity index is 5320. The Morgan fingerprint density at radius 3 is 1.10 bits per heavy atom. The third-order valence-electron chi connectivity index (χ3n) is 22.6. The molecule has 672 valence electrons. The Hall–Kier alpha value is -10.4. The number of aryl methyl sites for hydroxylation is 1. The molecule has 4 bridgehead atoms. The number of allylic oxidation sites excluding steroid dienone is 3. The molecule has 8 aromatic rings. The van der Waals surface area contributed by atoms with Crippen molar-refractivity contribution in [1.82, 2.24) is 19.6 Å². The normalized spacial score (nSPS) is 20.6. The van der Waals surface area contributed by atoms with E-state index in [-0.39, 0.29) is 104 Å². The number of carbonyl (C=O) groups is 5. The number of benzene rings is 8. The molecule has 37 heteroatoms. The summed E-state index contributed by atoms with van der Waals surface area (Å²) in [5.74, 6) is -26.7. The van der Waals surface area contributed by atoms with Gasteiger partial charge in [-0.2, -0.15) is 35.1 Å². The number of hydrogen-bond donors (Lipinski definition) is 8. The Morgan fingerprint density at radius 2 is 0.730 bits per heavy atom. The topological polar surface area (TPSA) is 227 Å². The summed E-state index contributed by atoms with van der Waals surface area (Å²) in [5, 5.41) is 47.7. The van der Waals surface area contributed by atoms with Gasteiger partial charge >= 0.3 is 23.7 Å². The van der Waals surface area contributed by atoms with Gasteiger partial charge in [0, 0.05) is 88.8 Å². The summed E-state index contributed by atoms with van der Waals surface area (Å²) in [6, 6.07) is 24.4. The first-order valence-electron chi connectivity index (χ1n) is 39.3. The second-order valence-electron chi connectivity index (χ2n) is 31.4. The first kappa shape index (κ1) is 96.2. The molecule has 5 amide bonds. The molecule has 0 aromatic heterocycles. The molecule has 17 nitrogen and oxygen atoms in total. The lowest BCUT2D eigenvalue weighted by atomic mass is 9.92. The average molecular weight is 1850 g/mol. The summed E-state index contributed by atoms with van der Waals surface area (Å²) in [4.78, 5) is 67.5. The lowest BCUT2D eigenvalue weighted by molar-refractivity contribution is -0.167. The molecular formula is C89H82Cl4F16N8O9. The van der Waals surface area contributed by atoms with Crippen molar-refractivity contribution in [3.8, 4) is 0 Å². The third-order valence-corrected chi connectivity index (χ3v) is 23.9. The van der Waals surface area contributed by atoms with Crippen molar-refractivity contribution in [2.75, 3.05) is 47.4 Å². The predicted octanol–water partition coefficient (Wildman–Crippen LogP) is 20.3. The van der Waals surface area contributed by atoms with Gasteiger partial charge in [-0.05, 0) is 224 Å². The summed E-state index contributed by atoms with van der Waals surface area (Å²) in [7, 11) is 0. The number of nitrogens with zero attached hydrogens (tertiary/aromatic N) is 4. The van der Waals surface area contributed by atoms with Gasteiger partial charge in [0.1, 0.15) is 40.7 Å². The number of likely N-dealkylation sites (tertiary alicyclic amines) is 2. The van der Waals surface area contributed by atoms with Crippen LogP contribution in [0.2, 0.25) is 20.1 Å². The van der Waals surface area contributed by atoms with E-state index in [1.165, 1.54) is 75.4 Å². The third kappa shape index (κ3) is 21.5. The zero-order valence-corrected chi connectivity index (χ0v) is 69.9. The van der Waals surface area contributed by atoms with Gasteiger partial charge in [-0.25, -0.2) is 35.1 Å². The molecule has 8 atom stereocenters. The zero-order valence-electron chi connectivity index (χ0n) is 66.9. The minimum Gasteiger partial charge on any atom is -0.393 e. The van der Waals surface area contributed by atoms with Crippen molar-refractivity contribution >= 4 is 98.7 Å². The summed E-state index contributed by atoms with van der Waals surface area (Å²) in [5.41, 5.74) is -7.53. The average Bonchev–Trinajstić information content (AvgIpc) is 1.50. The van der Waals surface area contributed by atoms with E-state index in [0.717, 1.165) is 79.7 Å². The smallest absolute Gasteiger partial charge is 0.352 e. The standard InChI is InChI=1S/2C23H21ClF4N2O2.C22H22ClF3N2O2.C21H18ClF5N2O3/c2*1-12(30-15-4-5-16(30)11-17(31)10-15)23(27,28)18-8-13(2-6-20(18)25)22(32)29-14-3-7-21(26)19(24)9-14;1-13-12-15(6-7-19(13)24)27-21(30)17-4-3-5-18(20(17)23)22(25,26)14(2)28-10-8-16(29)9-11-28;1-20(25)10-29(7-6-17(20)30)19(32)21(26,27)13-8-11(2-4-15(13)23)18(31)28-12-3-5-16(24)14(22)9-12/h2*2-3,6-9,15-17,31H,1,4-5,10-11H2,(H,29,32);3-7,12,16,29H,2,8-11H2,1H3,(H,27,30);2-5,8-9,17,30H,6-7,10H2,1H3,(H,28,31)/t2*15-,16+,17?;;. The van der Waals surface area contributed by atoms with E-state index in [2.05, 4.69) is 41.0 Å². The number of anilines is 4. The van der Waals surface area contributed by atoms with Crippen LogP contribution in [0.5, 0.6) is 0 Å². The minimum atomic E-state index is -4.40. The van der Waals surface area contributed by atoms with E-state index < -0.39 is 175 Å². The fourth-order valence-electron chi connectivity index (χ4n) is 15.9. The summed E-state index contributed by atoms with van der Waals surface area (Å²) in [6.07, 6.45) is 1.51. The predicted molar refractivity (Wildman–Crippen MR) is 442 cm³/mol. The van der Waals surface area contributed by atoms with Crippen molar-refractivity contribution in [1.29, 1.82) is 0 Å². The number of fused-ring (bicyclic) bond motifs is 4. The molecule has 6 heterocycles. The van der Waals surface area contributed by atoms with Gasteiger partial charge in [0.2, 0.25) is 0 Å². The minimum absolute atomic E-state index is 0.0595. The van der Waals surface area contributed by atoms with Gasteiger partial charge in [0.25, 0.3) is 29.5 Å². The van der Waals surface area contributed by atoms with E-state index in [4.69, 9.17) is 46.4 Å². The van der Waals surface area contributed by atoms with Gasteiger partial charge in [0.05, 0.1) is 90.4 Å². The zero-order chi connectivity index (χ0) is 92.3. The van der Waals surface area contributed by atoms with Crippen LogP contribution in [0.1, 0.15) is 147 Å². The van der Waals surface area contributed by atoms with Crippen LogP contribution in [0.25, 0.3) is 0 Å². The number of aliphatic hydroxyl groups is 4. The van der Waals surface area contributed by atoms with Crippen LogP contribution < -0.4 is 21.3 Å². The maximum Gasteiger partial charge on any atom is 0.352 e. The second-order valence-corrected chi connectivity index (χ2v) is 33.0. The summed E-state index contributed by atoms with van der Waals surface area (Å²) < 4.78 is 233. The number of rotatable bonds is 19. The number of carbonyl (C=O) groups excluding carboxylic acids is 5. The van der Waals surface area contributed by atoms with Crippen molar-refractivity contribution in [2.45, 2.75) is 162 Å². The largest absolute Gasteiger partial charge is 0.393 e. The van der Waals surface area contributed by atoms with E-state index >= 15 is 26.3 Å². The maximum atomic E-state index is 15.4. The van der Waals surface area contributed by atoms with E-state index in [0.29, 0.717) is 92.5 Å². The molecule has 6 fully saturated rings. The summed E-state index contributed by atoms with van der Waals surface area (Å²) >= 11 is 23.2. The van der Waals surface area contributed by atoms with Gasteiger partial charge in [0.15, 0.2) is 5.67 Å². The molecule has 0 aliphatic carbocycles. The van der Waals surface area contributed by atoms with Crippen molar-refractivity contribution in [2.24, 2.45) is 0 Å². The first-order chi connectivity index (χ1) is 59.1. The number of nitrogens with one attached hydrogen (secondary N) is 4. The molecule has 14 rings (SSSR count). The SMILES string of the molecule is C=C(N1CCC(O)CC1)C(F)(F)c1cccc(C(=O)Nc2ccc(F)c(C)c2)c1Cl.C=C(N1[C@@H]2CC[C@H]1CC(O)C2)C(F)(F)c1cc(C(=O)Nc2ccc(F)c(Cl)c2)ccc1F.C=C(N1[C@@H]2CC[C@H]1CC(O)C2)C(F)(F)c1cc(C(=O)Nc2ccc(F)c(Cl)c2)ccc1F.CC1(F)CN(C(=O)C(F)(F)c2cc(C(=O)Nc3ccc(F)c(Cl)c3)ccc2F)CCC1O. The highest BCUT2D eigenvalue weighted by Crippen LogP contribution is 2.50. The number of halogens is 20. The monoisotopic (exact) mass is 1850 g/mol. The van der Waals surface area contributed by atoms with Crippen molar-refractivity contribution in [3.63, 3.8) is 0 Å². The number of alkyl halides is 9. The van der Waals surface area contributed by atoms with Crippen LogP contribution in [0.4, 0.5) is 93.0 Å². The molecule has 8 N–H and O–H groups in total. The number of aliphatic hydroxyl groups excluding tert-OH is 4. The number of piperidine rings is 4. The van der Waals surface area contributed by atoms with Gasteiger partial charge in [-0.3, -0.25) is 24.0 Å². The Kier molecular flexibility index (Phi) is 29.8. The highest BCUT2D eigenvalue weighted by molar-refractivity contribution is 6.35. The van der Waals surface area contributed by atoms with E-state index in [9.17, 15) is 88.3 Å². The van der Waals surface area contributed by atoms with Crippen LogP contribution >= 0.6 is 46.4 Å². The lowest BCUT2D eigenvalue weighted by Crippen LogP contribution is -2.56.